The zero-order chi connectivity index (χ0) is 101. The first kappa shape index (κ1) is 118. The molecule has 0 saturated heterocycles. The molecule has 0 heterocycles. The summed E-state index contributed by atoms with van der Waals surface area (Å²) >= 11 is 0. The zero-order valence-corrected chi connectivity index (χ0v) is 95.1. The molecular weight excluding hydrogens is 1780 g/mol. The Morgan fingerprint density at radius 3 is 0.765 bits per heavy atom. The van der Waals surface area contributed by atoms with Crippen LogP contribution in [0.1, 0.15) is 265 Å². The number of hydrogen-bond acceptors (Lipinski definition) is 15. The maximum Gasteiger partial charge on any atom is 0.188 e. The van der Waals surface area contributed by atoms with Crippen molar-refractivity contribution in [2.24, 2.45) is 0 Å². The van der Waals surface area contributed by atoms with Gasteiger partial charge in [-0.3, -0.25) is 0 Å². The first-order chi connectivity index (χ1) is 63.4. The van der Waals surface area contributed by atoms with Crippen LogP contribution in [0.3, 0.4) is 0 Å². The molecule has 10 aromatic carbocycles. The van der Waals surface area contributed by atoms with Crippen LogP contribution in [-0.2, 0) is 78.1 Å². The number of nitrogens with one attached hydrogen (secondary N) is 5. The van der Waals surface area contributed by atoms with E-state index in [0.717, 1.165) is 72.6 Å². The lowest BCUT2D eigenvalue weighted by molar-refractivity contribution is 0.0504. The minimum absolute atomic E-state index is 0.00162. The first-order valence-electron chi connectivity index (χ1n) is 47.7. The van der Waals surface area contributed by atoms with E-state index in [2.05, 4.69) is 430 Å². The summed E-state index contributed by atoms with van der Waals surface area (Å²) in [6, 6.07) is 67.8. The first-order valence-corrected chi connectivity index (χ1v) is 52.7. The molecule has 10 aromatic rings. The molecule has 0 radical (unpaired) electrons. The van der Waals surface area contributed by atoms with Crippen LogP contribution >= 0.6 is 42.9 Å². The number of benzene rings is 10. The number of ether oxygens (including phenoxy) is 10. The number of rotatable bonds is 35. The van der Waals surface area contributed by atoms with Crippen LogP contribution in [0, 0.1) is 34.6 Å². The van der Waals surface area contributed by atoms with Crippen LogP contribution in [-0.4, -0.2) is 97.2 Å². The summed E-state index contributed by atoms with van der Waals surface area (Å²) in [5.74, 6) is 4.74. The van der Waals surface area contributed by atoms with Crippen molar-refractivity contribution in [2.75, 3.05) is 69.5 Å². The highest BCUT2D eigenvalue weighted by molar-refractivity contribution is 7.57. The lowest BCUT2D eigenvalue weighted by Gasteiger charge is -2.29. The van der Waals surface area contributed by atoms with E-state index in [9.17, 15) is 0 Å². The van der Waals surface area contributed by atoms with Gasteiger partial charge in [0.15, 0.2) is 34.0 Å². The Bertz CT molecular complexity index is 5280. The topological polar surface area (TPSA) is 152 Å². The second-order valence-electron chi connectivity index (χ2n) is 44.4. The molecule has 0 aliphatic carbocycles. The van der Waals surface area contributed by atoms with Crippen LogP contribution in [0.5, 0.6) is 28.7 Å². The third-order valence-electron chi connectivity index (χ3n) is 21.6. The molecule has 0 amide bonds. The Hall–Kier alpha value is -7.05. The normalized spacial score (nSPS) is 12.6. The molecule has 20 heteroatoms. The minimum atomic E-state index is -0.0309. The van der Waals surface area contributed by atoms with E-state index >= 15 is 0 Å². The van der Waals surface area contributed by atoms with Gasteiger partial charge < -0.3 is 74.0 Å². The van der Waals surface area contributed by atoms with Gasteiger partial charge in [0.1, 0.15) is 28.7 Å². The quantitative estimate of drug-likeness (QED) is 0.0189. The van der Waals surface area contributed by atoms with E-state index in [0.29, 0.717) is 42.9 Å². The van der Waals surface area contributed by atoms with E-state index in [1.54, 1.807) is 35.5 Å². The Morgan fingerprint density at radius 2 is 0.463 bits per heavy atom. The average Bonchev–Trinajstić information content (AvgIpc) is 0.790. The summed E-state index contributed by atoms with van der Waals surface area (Å²) in [4.78, 5) is 0. The van der Waals surface area contributed by atoms with E-state index < -0.39 is 0 Å². The predicted molar refractivity (Wildman–Crippen MR) is 596 cm³/mol. The SMILES string of the molecule is COCOc1c(C)cc(C(C)(C)C)cc1Pc1ccccc1CNC(C)(C)C.COCOc1c(C)cc(C)cc1Pc1ccccc1CNC(C)(C)C.COCOc1c(Pc2ccccc2CNC(C)(C)C)cc(C(C)(C)C)cc1C(C)(C)C.COCOc1c(Pc2ccccc2CNC(C)(C)C)cc(C)cc1C(C)(C)C.COCOc1ccc(C)cc1Pc1ccccc1CNC(C)(C)C. The van der Waals surface area contributed by atoms with Gasteiger partial charge in [0.05, 0.1) is 0 Å². The second-order valence-corrected chi connectivity index (χ2v) is 51.0. The molecule has 746 valence electrons. The summed E-state index contributed by atoms with van der Waals surface area (Å²) in [7, 11) is 11.0. The van der Waals surface area contributed by atoms with Crippen molar-refractivity contribution < 1.29 is 47.4 Å². The zero-order valence-electron chi connectivity index (χ0n) is 90.1. The Labute approximate surface area is 832 Å². The number of hydrogen-bond donors (Lipinski definition) is 5. The van der Waals surface area contributed by atoms with Gasteiger partial charge in [-0.25, -0.2) is 0 Å². The standard InChI is InChI=1S/C27H42NO2P.2C24H36NO2P.C21H30NO2P.C20H28NO2P/c1-25(2,3)20-15-21(26(4,5)6)24(30-18-29-10)23(16-20)31-22-14-12-11-13-19(22)17-28-27(7,8)9;1-17-13-19(23(2,3)4)14-21(22(17)27-16-26-8)28-20-12-10-9-11-18(20)15-25-24(5,6)7;1-17-13-19(23(2,3)4)22(27-16-26-8)21(14-17)28-20-12-10-9-11-18(20)15-25-24(5,6)7;1-15-11-16(2)20(24-14-23-6)19(12-15)25-18-10-8-7-9-17(18)13-22-21(3,4)5;1-15-10-11-17(23-14-22-5)19(12-15)24-18-9-7-6-8-16(18)13-21-20(2,3)4/h11-16,28,31H,17-18H2,1-10H3;2*9-14,25,28H,15-16H2,1-8H3;7-12,22,25H,13-14H2,1-6H3;6-12,21,24H,13-14H2,1-5H3. The van der Waals surface area contributed by atoms with Gasteiger partial charge in [0.25, 0.3) is 0 Å². The fourth-order valence-electron chi connectivity index (χ4n) is 14.1. The van der Waals surface area contributed by atoms with E-state index in [1.165, 1.54) is 120 Å². The van der Waals surface area contributed by atoms with Gasteiger partial charge in [0.2, 0.25) is 0 Å². The van der Waals surface area contributed by atoms with Crippen molar-refractivity contribution >= 4 is 95.9 Å². The van der Waals surface area contributed by atoms with Crippen LogP contribution in [0.25, 0.3) is 0 Å². The summed E-state index contributed by atoms with van der Waals surface area (Å²) < 4.78 is 55.7. The molecule has 0 aromatic heterocycles. The highest BCUT2D eigenvalue weighted by atomic mass is 31.1. The van der Waals surface area contributed by atoms with Crippen molar-refractivity contribution in [2.45, 2.75) is 304 Å². The molecule has 5 atom stereocenters. The highest BCUT2D eigenvalue weighted by Gasteiger charge is 2.30. The monoisotopic (exact) mass is 1950 g/mol. The molecule has 5 unspecified atom stereocenters. The maximum atomic E-state index is 6.21. The number of methoxy groups -OCH3 is 5. The Morgan fingerprint density at radius 1 is 0.221 bits per heavy atom. The lowest BCUT2D eigenvalue weighted by Crippen LogP contribution is -2.36. The molecule has 0 spiro atoms. The summed E-state index contributed by atoms with van der Waals surface area (Å²) in [6.07, 6.45) is 0. The van der Waals surface area contributed by atoms with Gasteiger partial charge in [0, 0.05) is 134 Å². The van der Waals surface area contributed by atoms with Gasteiger partial charge in [-0.2, -0.15) is 0 Å². The highest BCUT2D eigenvalue weighted by Crippen LogP contribution is 2.40. The fourth-order valence-corrected chi connectivity index (χ4v) is 21.2. The van der Waals surface area contributed by atoms with Crippen LogP contribution in [0.2, 0.25) is 0 Å². The molecule has 0 aliphatic heterocycles. The largest absolute Gasteiger partial charge is 0.467 e. The van der Waals surface area contributed by atoms with Gasteiger partial charge >= 0.3 is 0 Å². The Kier molecular flexibility index (Phi) is 46.9. The van der Waals surface area contributed by atoms with Crippen molar-refractivity contribution in [3.8, 4) is 28.7 Å². The van der Waals surface area contributed by atoms with Gasteiger partial charge in [-0.15, -0.1) is 0 Å². The third-order valence-corrected chi connectivity index (χ3v) is 28.6. The summed E-state index contributed by atoms with van der Waals surface area (Å²) in [5.41, 5.74) is 18.5. The predicted octanol–water partition coefficient (Wildman–Crippen LogP) is 22.7. The van der Waals surface area contributed by atoms with Crippen molar-refractivity contribution in [3.05, 3.63) is 266 Å². The average molecular weight is 1950 g/mol. The maximum absolute atomic E-state index is 6.21. The number of aryl methyl sites for hydroxylation is 5. The second kappa shape index (κ2) is 54.3. The minimum Gasteiger partial charge on any atom is -0.467 e. The molecule has 0 saturated carbocycles. The van der Waals surface area contributed by atoms with E-state index in [4.69, 9.17) is 47.4 Å². The molecule has 0 fully saturated rings. The summed E-state index contributed by atoms with van der Waals surface area (Å²) in [6.45, 7) is 76.3. The third kappa shape index (κ3) is 42.0. The lowest BCUT2D eigenvalue weighted by atomic mass is 9.80. The smallest absolute Gasteiger partial charge is 0.188 e. The van der Waals surface area contributed by atoms with E-state index in [1.807, 2.05) is 6.07 Å². The van der Waals surface area contributed by atoms with Gasteiger partial charge in [-0.05, 0) is 284 Å². The van der Waals surface area contributed by atoms with Crippen molar-refractivity contribution in [1.29, 1.82) is 0 Å². The van der Waals surface area contributed by atoms with Crippen LogP contribution in [0.4, 0.5) is 0 Å². The van der Waals surface area contributed by atoms with Gasteiger partial charge in [-0.1, -0.05) is 283 Å². The van der Waals surface area contributed by atoms with Crippen molar-refractivity contribution in [1.82, 2.24) is 26.6 Å². The van der Waals surface area contributed by atoms with Crippen LogP contribution < -0.4 is 103 Å². The molecular formula is C116H172N5O10P5. The molecule has 10 rings (SSSR count). The fraction of sp³-hybridized carbons (Fsp3) is 0.483. The molecule has 5 N–H and O–H groups in total. The molecule has 0 aliphatic rings. The van der Waals surface area contributed by atoms with Crippen molar-refractivity contribution in [3.63, 3.8) is 0 Å². The van der Waals surface area contributed by atoms with Crippen LogP contribution in [0.15, 0.2) is 188 Å². The Balaban J connectivity index is 0.000000262. The summed E-state index contributed by atoms with van der Waals surface area (Å²) in [5, 5.41) is 31.0. The molecule has 0 bridgehead atoms. The van der Waals surface area contributed by atoms with E-state index in [-0.39, 0.29) is 83.3 Å². The molecule has 15 nitrogen and oxygen atoms in total. The molecule has 136 heavy (non-hydrogen) atoms.